The summed E-state index contributed by atoms with van der Waals surface area (Å²) in [6.07, 6.45) is 0. The van der Waals surface area contributed by atoms with Crippen LogP contribution in [0.25, 0.3) is 10.4 Å². The second-order valence-electron chi connectivity index (χ2n) is 3.32. The average Bonchev–Trinajstić information content (AvgIpc) is 2.78. The van der Waals surface area contributed by atoms with Gasteiger partial charge in [-0.2, -0.15) is 0 Å². The molecule has 2 aromatic rings. The van der Waals surface area contributed by atoms with Crippen LogP contribution in [0.2, 0.25) is 0 Å². The first-order chi connectivity index (χ1) is 8.08. The molecule has 0 saturated carbocycles. The number of hydrogen-bond acceptors (Lipinski definition) is 5. The molecule has 0 spiro atoms. The SMILES string of the molecule is O=C([O-])c1ccc(-c2ccc(C(=O)[O-])s2)cc1. The summed E-state index contributed by atoms with van der Waals surface area (Å²) in [6, 6.07) is 9.17. The second-order valence-corrected chi connectivity index (χ2v) is 4.40. The van der Waals surface area contributed by atoms with Gasteiger partial charge in [-0.25, -0.2) is 0 Å². The minimum absolute atomic E-state index is 0.0884. The van der Waals surface area contributed by atoms with Crippen molar-refractivity contribution in [2.24, 2.45) is 0 Å². The standard InChI is InChI=1S/C12H8O4S/c13-11(14)8-3-1-7(2-4-8)9-5-6-10(17-9)12(15)16/h1-6H,(H,13,14)(H,15,16)/p-2. The molecule has 0 bridgehead atoms. The normalized spacial score (nSPS) is 10.1. The Morgan fingerprint density at radius 3 is 2.00 bits per heavy atom. The van der Waals surface area contributed by atoms with E-state index < -0.39 is 11.9 Å². The Bertz CT molecular complexity index is 568. The molecule has 1 aromatic heterocycles. The van der Waals surface area contributed by atoms with Crippen molar-refractivity contribution in [1.82, 2.24) is 0 Å². The van der Waals surface area contributed by atoms with Crippen LogP contribution in [0.3, 0.4) is 0 Å². The van der Waals surface area contributed by atoms with Gasteiger partial charge in [0.15, 0.2) is 0 Å². The molecule has 0 atom stereocenters. The number of carboxylic acids is 2. The quantitative estimate of drug-likeness (QED) is 0.771. The van der Waals surface area contributed by atoms with Gasteiger partial charge < -0.3 is 19.8 Å². The summed E-state index contributed by atoms with van der Waals surface area (Å²) in [5, 5.41) is 21.2. The van der Waals surface area contributed by atoms with Gasteiger partial charge >= 0.3 is 0 Å². The van der Waals surface area contributed by atoms with Gasteiger partial charge in [-0.05, 0) is 23.3 Å². The fourth-order valence-electron chi connectivity index (χ4n) is 1.37. The van der Waals surface area contributed by atoms with E-state index in [1.807, 2.05) is 0 Å². The Balaban J connectivity index is 2.33. The number of carbonyl (C=O) groups excluding carboxylic acids is 2. The van der Waals surface area contributed by atoms with Crippen molar-refractivity contribution in [1.29, 1.82) is 0 Å². The van der Waals surface area contributed by atoms with E-state index >= 15 is 0 Å². The minimum Gasteiger partial charge on any atom is -0.545 e. The largest absolute Gasteiger partial charge is 0.545 e. The lowest BCUT2D eigenvalue weighted by molar-refractivity contribution is -0.255. The highest BCUT2D eigenvalue weighted by Crippen LogP contribution is 2.27. The van der Waals surface area contributed by atoms with Crippen molar-refractivity contribution < 1.29 is 19.8 Å². The van der Waals surface area contributed by atoms with Crippen LogP contribution in [0.1, 0.15) is 20.0 Å². The molecular formula is C12H6O4S-2. The molecule has 0 aliphatic carbocycles. The fourth-order valence-corrected chi connectivity index (χ4v) is 2.22. The first kappa shape index (κ1) is 11.3. The lowest BCUT2D eigenvalue weighted by atomic mass is 10.1. The summed E-state index contributed by atoms with van der Waals surface area (Å²) in [5.74, 6) is -2.45. The third-order valence-electron chi connectivity index (χ3n) is 2.21. The molecule has 4 nitrogen and oxygen atoms in total. The van der Waals surface area contributed by atoms with E-state index in [1.54, 1.807) is 18.2 Å². The monoisotopic (exact) mass is 246 g/mol. The molecule has 17 heavy (non-hydrogen) atoms. The smallest absolute Gasteiger partial charge is 0.0815 e. The van der Waals surface area contributed by atoms with Crippen molar-refractivity contribution in [3.63, 3.8) is 0 Å². The predicted molar refractivity (Wildman–Crippen MR) is 58.4 cm³/mol. The molecule has 0 aliphatic heterocycles. The average molecular weight is 246 g/mol. The maximum atomic E-state index is 10.6. The van der Waals surface area contributed by atoms with E-state index in [9.17, 15) is 19.8 Å². The molecular weight excluding hydrogens is 240 g/mol. The maximum Gasteiger partial charge on any atom is 0.0815 e. The van der Waals surface area contributed by atoms with Crippen LogP contribution < -0.4 is 10.2 Å². The van der Waals surface area contributed by atoms with Crippen LogP contribution >= 0.6 is 11.3 Å². The van der Waals surface area contributed by atoms with E-state index in [1.165, 1.54) is 18.2 Å². The molecule has 0 fully saturated rings. The Morgan fingerprint density at radius 1 is 0.882 bits per heavy atom. The molecule has 0 radical (unpaired) electrons. The lowest BCUT2D eigenvalue weighted by Gasteiger charge is -2.03. The van der Waals surface area contributed by atoms with Gasteiger partial charge in [-0.1, -0.05) is 24.3 Å². The Kier molecular flexibility index (Phi) is 2.93. The summed E-state index contributed by atoms with van der Waals surface area (Å²) in [7, 11) is 0. The van der Waals surface area contributed by atoms with Gasteiger partial charge in [0, 0.05) is 4.88 Å². The molecule has 1 aromatic carbocycles. The topological polar surface area (TPSA) is 80.3 Å². The van der Waals surface area contributed by atoms with Crippen LogP contribution in [-0.2, 0) is 0 Å². The van der Waals surface area contributed by atoms with E-state index in [2.05, 4.69) is 0 Å². The first-order valence-electron chi connectivity index (χ1n) is 4.71. The summed E-state index contributed by atoms with van der Waals surface area (Å²) >= 11 is 1.08. The van der Waals surface area contributed by atoms with Crippen LogP contribution in [-0.4, -0.2) is 11.9 Å². The Hall–Kier alpha value is -2.14. The third kappa shape index (κ3) is 2.34. The molecule has 5 heteroatoms. The van der Waals surface area contributed by atoms with Crippen LogP contribution in [0.15, 0.2) is 36.4 Å². The van der Waals surface area contributed by atoms with E-state index in [-0.39, 0.29) is 10.4 Å². The highest BCUT2D eigenvalue weighted by Gasteiger charge is 2.03. The molecule has 86 valence electrons. The van der Waals surface area contributed by atoms with Crippen LogP contribution in [0, 0.1) is 0 Å². The number of carboxylic acid groups (broad SMARTS) is 2. The predicted octanol–water partition coefficient (Wildman–Crippen LogP) is 0.142. The summed E-state index contributed by atoms with van der Waals surface area (Å²) < 4.78 is 0. The number of thiophene rings is 1. The molecule has 2 rings (SSSR count). The molecule has 0 saturated heterocycles. The number of carbonyl (C=O) groups is 2. The van der Waals surface area contributed by atoms with Gasteiger partial charge in [-0.15, -0.1) is 11.3 Å². The van der Waals surface area contributed by atoms with Crippen molar-refractivity contribution in [2.45, 2.75) is 0 Å². The summed E-state index contributed by atoms with van der Waals surface area (Å²) in [6.45, 7) is 0. The highest BCUT2D eigenvalue weighted by molar-refractivity contribution is 7.17. The first-order valence-corrected chi connectivity index (χ1v) is 5.52. The van der Waals surface area contributed by atoms with E-state index in [0.29, 0.717) is 0 Å². The van der Waals surface area contributed by atoms with Crippen LogP contribution in [0.5, 0.6) is 0 Å². The third-order valence-corrected chi connectivity index (χ3v) is 3.33. The van der Waals surface area contributed by atoms with Gasteiger partial charge in [-0.3, -0.25) is 0 Å². The zero-order chi connectivity index (χ0) is 12.4. The molecule has 0 amide bonds. The molecule has 0 aliphatic rings. The Morgan fingerprint density at radius 2 is 1.53 bits per heavy atom. The Labute approximate surface area is 101 Å². The zero-order valence-corrected chi connectivity index (χ0v) is 9.32. The van der Waals surface area contributed by atoms with Crippen molar-refractivity contribution in [3.05, 3.63) is 46.8 Å². The number of benzene rings is 1. The second kappa shape index (κ2) is 4.39. The van der Waals surface area contributed by atoms with Gasteiger partial charge in [0.2, 0.25) is 0 Å². The van der Waals surface area contributed by atoms with Crippen molar-refractivity contribution in [3.8, 4) is 10.4 Å². The maximum absolute atomic E-state index is 10.6. The highest BCUT2D eigenvalue weighted by atomic mass is 32.1. The minimum atomic E-state index is -1.24. The van der Waals surface area contributed by atoms with E-state index in [4.69, 9.17) is 0 Å². The fraction of sp³-hybridized carbons (Fsp3) is 0. The van der Waals surface area contributed by atoms with Crippen molar-refractivity contribution >= 4 is 23.3 Å². The number of hydrogen-bond donors (Lipinski definition) is 0. The molecule has 0 unspecified atom stereocenters. The molecule has 0 N–H and O–H groups in total. The van der Waals surface area contributed by atoms with Gasteiger partial charge in [0.1, 0.15) is 0 Å². The van der Waals surface area contributed by atoms with E-state index in [0.717, 1.165) is 21.8 Å². The number of rotatable bonds is 3. The zero-order valence-electron chi connectivity index (χ0n) is 8.51. The van der Waals surface area contributed by atoms with Crippen LogP contribution in [0.4, 0.5) is 0 Å². The van der Waals surface area contributed by atoms with Crippen molar-refractivity contribution in [2.75, 3.05) is 0 Å². The summed E-state index contributed by atoms with van der Waals surface area (Å²) in [5.41, 5.74) is 0.845. The summed E-state index contributed by atoms with van der Waals surface area (Å²) in [4.78, 5) is 22.0. The lowest BCUT2D eigenvalue weighted by Crippen LogP contribution is -2.21. The number of aromatic carboxylic acids is 2. The molecule has 1 heterocycles. The van der Waals surface area contributed by atoms with Gasteiger partial charge in [0.05, 0.1) is 16.8 Å². The van der Waals surface area contributed by atoms with Gasteiger partial charge in [0.25, 0.3) is 0 Å².